The molecule has 0 saturated carbocycles. The highest BCUT2D eigenvalue weighted by molar-refractivity contribution is 7.82. The van der Waals surface area contributed by atoms with Gasteiger partial charge >= 0.3 is 0 Å². The van der Waals surface area contributed by atoms with Crippen LogP contribution in [0, 0.1) is 21.4 Å². The number of hydrogen-bond donors (Lipinski definition) is 2. The average Bonchev–Trinajstić information content (AvgIpc) is 2.29. The first kappa shape index (κ1) is 12.5. The number of nitrogens with one attached hydrogen (secondary N) is 1. The van der Waals surface area contributed by atoms with Gasteiger partial charge in [0.1, 0.15) is 16.7 Å². The molecule has 0 atom stereocenters. The normalized spacial score (nSPS) is 10.4. The quantitative estimate of drug-likeness (QED) is 0.358. The molecule has 7 nitrogen and oxygen atoms in total. The third-order valence-corrected chi connectivity index (χ3v) is 1.92. The summed E-state index contributed by atoms with van der Waals surface area (Å²) in [5, 5.41) is 22.9. The Balaban J connectivity index is 3.01. The first-order valence-electron chi connectivity index (χ1n) is 4.33. The van der Waals surface area contributed by atoms with E-state index in [1.165, 1.54) is 18.2 Å². The number of benzene rings is 1. The molecule has 8 heteroatoms. The molecule has 1 rings (SSSR count). The number of nitro groups is 1. The van der Waals surface area contributed by atoms with E-state index in [1.807, 2.05) is 0 Å². The molecule has 3 N–H and O–H groups in total. The smallest absolute Gasteiger partial charge is 0.294 e. The van der Waals surface area contributed by atoms with Gasteiger partial charge in [0.15, 0.2) is 5.71 Å². The summed E-state index contributed by atoms with van der Waals surface area (Å²) in [5.41, 5.74) is 7.40. The predicted octanol–water partition coefficient (Wildman–Crippen LogP) is 1.17. The van der Waals surface area contributed by atoms with E-state index in [4.69, 9.17) is 11.0 Å². The number of nitrogens with two attached hydrogens (primary N) is 1. The molecule has 0 radical (unpaired) electrons. The Morgan fingerprint density at radius 1 is 1.59 bits per heavy atom. The summed E-state index contributed by atoms with van der Waals surface area (Å²) in [6, 6.07) is 7.55. The minimum atomic E-state index is -0.565. The number of nitrogens with zero attached hydrogens (tertiary/aromatic N) is 3. The molecule has 1 aromatic carbocycles. The first-order chi connectivity index (χ1) is 8.06. The molecule has 0 fully saturated rings. The highest BCUT2D eigenvalue weighted by atomic mass is 32.1. The van der Waals surface area contributed by atoms with Crippen LogP contribution in [-0.4, -0.2) is 15.6 Å². The SMILES string of the molecule is N#C/C(=N/Nc1ccccc1[N+](=O)[O-])C(N)=S. The van der Waals surface area contributed by atoms with Crippen molar-refractivity contribution in [2.75, 3.05) is 5.43 Å². The zero-order valence-electron chi connectivity index (χ0n) is 8.45. The Hall–Kier alpha value is -2.53. The maximum Gasteiger partial charge on any atom is 0.294 e. The van der Waals surface area contributed by atoms with Gasteiger partial charge < -0.3 is 5.73 Å². The van der Waals surface area contributed by atoms with Gasteiger partial charge in [-0.1, -0.05) is 24.4 Å². The zero-order valence-corrected chi connectivity index (χ0v) is 9.27. The number of nitriles is 1. The Morgan fingerprint density at radius 2 is 2.24 bits per heavy atom. The molecule has 0 aliphatic heterocycles. The van der Waals surface area contributed by atoms with Crippen molar-refractivity contribution < 1.29 is 4.92 Å². The van der Waals surface area contributed by atoms with E-state index in [-0.39, 0.29) is 22.1 Å². The fraction of sp³-hybridized carbons (Fsp3) is 0. The number of rotatable bonds is 4. The van der Waals surface area contributed by atoms with Crippen LogP contribution < -0.4 is 11.2 Å². The maximum atomic E-state index is 10.7. The van der Waals surface area contributed by atoms with Crippen LogP contribution in [-0.2, 0) is 0 Å². The van der Waals surface area contributed by atoms with E-state index in [1.54, 1.807) is 12.1 Å². The first-order valence-corrected chi connectivity index (χ1v) is 4.74. The third kappa shape index (κ3) is 3.22. The van der Waals surface area contributed by atoms with Crippen LogP contribution in [0.25, 0.3) is 0 Å². The standard InChI is InChI=1S/C9H7N5O2S/c10-5-7(9(11)17)13-12-6-3-1-2-4-8(6)14(15)16/h1-4,12H,(H2,11,17)/b13-7-. The fourth-order valence-electron chi connectivity index (χ4n) is 0.979. The summed E-state index contributed by atoms with van der Waals surface area (Å²) in [4.78, 5) is 9.92. The second-order valence-corrected chi connectivity index (χ2v) is 3.26. The van der Waals surface area contributed by atoms with E-state index in [2.05, 4.69) is 22.7 Å². The van der Waals surface area contributed by atoms with Crippen molar-refractivity contribution in [3.8, 4) is 6.07 Å². The van der Waals surface area contributed by atoms with Gasteiger partial charge in [0.05, 0.1) is 4.92 Å². The van der Waals surface area contributed by atoms with E-state index in [0.717, 1.165) is 0 Å². The maximum absolute atomic E-state index is 10.7. The second kappa shape index (κ2) is 5.53. The molecule has 0 aromatic heterocycles. The van der Waals surface area contributed by atoms with E-state index >= 15 is 0 Å². The van der Waals surface area contributed by atoms with Gasteiger partial charge in [-0.25, -0.2) is 0 Å². The summed E-state index contributed by atoms with van der Waals surface area (Å²) in [7, 11) is 0. The third-order valence-electron chi connectivity index (χ3n) is 1.73. The van der Waals surface area contributed by atoms with Gasteiger partial charge in [-0.2, -0.15) is 10.4 Å². The van der Waals surface area contributed by atoms with Crippen molar-refractivity contribution in [2.45, 2.75) is 0 Å². The van der Waals surface area contributed by atoms with Gasteiger partial charge in [-0.3, -0.25) is 15.5 Å². The number of hydrazone groups is 1. The molecule has 0 heterocycles. The van der Waals surface area contributed by atoms with Crippen LogP contribution >= 0.6 is 12.2 Å². The molecule has 0 spiro atoms. The van der Waals surface area contributed by atoms with Crippen molar-refractivity contribution in [3.05, 3.63) is 34.4 Å². The number of anilines is 1. The molecule has 0 unspecified atom stereocenters. The zero-order chi connectivity index (χ0) is 12.8. The van der Waals surface area contributed by atoms with Gasteiger partial charge in [-0.05, 0) is 6.07 Å². The molecule has 0 bridgehead atoms. The summed E-state index contributed by atoms with van der Waals surface area (Å²) in [5.74, 6) is 0. The molecule has 0 amide bonds. The van der Waals surface area contributed by atoms with Crippen molar-refractivity contribution in [1.29, 1.82) is 5.26 Å². The van der Waals surface area contributed by atoms with Gasteiger partial charge in [0.25, 0.3) is 5.69 Å². The largest absolute Gasteiger partial charge is 0.387 e. The summed E-state index contributed by atoms with van der Waals surface area (Å²) in [6.07, 6.45) is 0. The Labute approximate surface area is 102 Å². The Morgan fingerprint density at radius 3 is 2.76 bits per heavy atom. The molecule has 86 valence electrons. The van der Waals surface area contributed by atoms with Crippen LogP contribution in [0.3, 0.4) is 0 Å². The van der Waals surface area contributed by atoms with Crippen molar-refractivity contribution in [3.63, 3.8) is 0 Å². The molecule has 17 heavy (non-hydrogen) atoms. The number of thiocarbonyl (C=S) groups is 1. The predicted molar refractivity (Wildman–Crippen MR) is 66.6 cm³/mol. The van der Waals surface area contributed by atoms with Crippen molar-refractivity contribution >= 4 is 34.3 Å². The van der Waals surface area contributed by atoms with Crippen molar-refractivity contribution in [2.24, 2.45) is 10.8 Å². The molecule has 0 aliphatic rings. The van der Waals surface area contributed by atoms with Gasteiger partial charge in [-0.15, -0.1) is 0 Å². The minimum absolute atomic E-state index is 0.154. The van der Waals surface area contributed by atoms with Crippen LogP contribution in [0.4, 0.5) is 11.4 Å². The fourth-order valence-corrected chi connectivity index (χ4v) is 1.07. The number of nitro benzene ring substituents is 1. The molecular weight excluding hydrogens is 242 g/mol. The highest BCUT2D eigenvalue weighted by Crippen LogP contribution is 2.22. The number of para-hydroxylation sites is 2. The molecular formula is C9H7N5O2S. The lowest BCUT2D eigenvalue weighted by atomic mass is 10.3. The minimum Gasteiger partial charge on any atom is -0.387 e. The number of hydrogen-bond acceptors (Lipinski definition) is 6. The lowest BCUT2D eigenvalue weighted by Crippen LogP contribution is -2.20. The van der Waals surface area contributed by atoms with Gasteiger partial charge in [0, 0.05) is 6.07 Å². The van der Waals surface area contributed by atoms with Crippen LogP contribution in [0.5, 0.6) is 0 Å². The molecule has 0 saturated heterocycles. The highest BCUT2D eigenvalue weighted by Gasteiger charge is 2.11. The monoisotopic (exact) mass is 249 g/mol. The summed E-state index contributed by atoms with van der Waals surface area (Å²) < 4.78 is 0. The Bertz CT molecular complexity index is 534. The van der Waals surface area contributed by atoms with Crippen LogP contribution in [0.15, 0.2) is 29.4 Å². The lowest BCUT2D eigenvalue weighted by molar-refractivity contribution is -0.384. The average molecular weight is 249 g/mol. The van der Waals surface area contributed by atoms with E-state index in [9.17, 15) is 10.1 Å². The second-order valence-electron chi connectivity index (χ2n) is 2.82. The molecule has 1 aromatic rings. The van der Waals surface area contributed by atoms with Crippen LogP contribution in [0.2, 0.25) is 0 Å². The van der Waals surface area contributed by atoms with Crippen molar-refractivity contribution in [1.82, 2.24) is 0 Å². The molecule has 0 aliphatic carbocycles. The topological polar surface area (TPSA) is 117 Å². The Kier molecular flexibility index (Phi) is 4.08. The summed E-state index contributed by atoms with van der Waals surface area (Å²) in [6.45, 7) is 0. The lowest BCUT2D eigenvalue weighted by Gasteiger charge is -2.01. The van der Waals surface area contributed by atoms with Crippen LogP contribution in [0.1, 0.15) is 0 Å². The van der Waals surface area contributed by atoms with Gasteiger partial charge in [0.2, 0.25) is 0 Å². The van der Waals surface area contributed by atoms with E-state index < -0.39 is 4.92 Å². The van der Waals surface area contributed by atoms with E-state index in [0.29, 0.717) is 0 Å². The summed E-state index contributed by atoms with van der Waals surface area (Å²) >= 11 is 4.57.